The number of primary amides is 1. The van der Waals surface area contributed by atoms with Crippen LogP contribution in [-0.2, 0) is 16.0 Å². The van der Waals surface area contributed by atoms with Gasteiger partial charge in [-0.05, 0) is 66.1 Å². The zero-order valence-corrected chi connectivity index (χ0v) is 17.9. The molecule has 3 aliphatic carbocycles. The number of aliphatic hydroxyl groups excluding tert-OH is 2. The summed E-state index contributed by atoms with van der Waals surface area (Å²) in [6.45, 7) is 0. The summed E-state index contributed by atoms with van der Waals surface area (Å²) >= 11 is 2.05. The van der Waals surface area contributed by atoms with Gasteiger partial charge in [0.1, 0.15) is 22.8 Å². The minimum absolute atomic E-state index is 0.0173. The lowest BCUT2D eigenvalue weighted by Gasteiger charge is -2.48. The SMILES string of the molecule is CN[C@@H]1C(O)=C(C(N)=O)C(=O)[C@@]2(O)C(O)=C3C(=O)c4c(O)ccc(I)c4C[C@H]3C[C@@H]12. The maximum atomic E-state index is 13.2. The van der Waals surface area contributed by atoms with Crippen LogP contribution in [0.15, 0.2) is 34.8 Å². The van der Waals surface area contributed by atoms with Crippen molar-refractivity contribution in [3.05, 3.63) is 49.5 Å². The van der Waals surface area contributed by atoms with Crippen molar-refractivity contribution >= 4 is 40.1 Å². The summed E-state index contributed by atoms with van der Waals surface area (Å²) in [6.07, 6.45) is 0.359. The fourth-order valence-electron chi connectivity index (χ4n) is 4.97. The highest BCUT2D eigenvalue weighted by Crippen LogP contribution is 2.51. The Morgan fingerprint density at radius 2 is 1.93 bits per heavy atom. The highest BCUT2D eigenvalue weighted by molar-refractivity contribution is 14.1. The quantitative estimate of drug-likeness (QED) is 0.237. The third kappa shape index (κ3) is 2.50. The second-order valence-electron chi connectivity index (χ2n) is 7.74. The normalized spacial score (nSPS) is 30.7. The Kier molecular flexibility index (Phi) is 4.71. The van der Waals surface area contributed by atoms with Crippen molar-refractivity contribution in [2.75, 3.05) is 7.05 Å². The van der Waals surface area contributed by atoms with Gasteiger partial charge in [0.2, 0.25) is 5.78 Å². The predicted octanol–water partition coefficient (Wildman–Crippen LogP) is 0.383. The third-order valence-corrected chi connectivity index (χ3v) is 7.35. The number of aliphatic hydroxyl groups is 3. The molecule has 30 heavy (non-hydrogen) atoms. The van der Waals surface area contributed by atoms with Crippen molar-refractivity contribution in [2.45, 2.75) is 24.5 Å². The number of fused-ring (bicyclic) bond motifs is 3. The topological polar surface area (TPSA) is 170 Å². The van der Waals surface area contributed by atoms with Gasteiger partial charge in [-0.2, -0.15) is 0 Å². The number of nitrogens with two attached hydrogens (primary N) is 1. The Hall–Kier alpha value is -2.44. The Morgan fingerprint density at radius 1 is 1.27 bits per heavy atom. The lowest BCUT2D eigenvalue weighted by atomic mass is 9.59. The van der Waals surface area contributed by atoms with E-state index in [1.165, 1.54) is 13.1 Å². The van der Waals surface area contributed by atoms with E-state index >= 15 is 0 Å². The molecule has 0 radical (unpaired) electrons. The number of carbonyl (C=O) groups is 3. The molecule has 0 aliphatic heterocycles. The van der Waals surface area contributed by atoms with E-state index in [9.17, 15) is 34.8 Å². The summed E-state index contributed by atoms with van der Waals surface area (Å²) in [5, 5.41) is 45.8. The number of aromatic hydroxyl groups is 1. The zero-order chi connectivity index (χ0) is 22.1. The number of phenolic OH excluding ortho intramolecular Hbond substituents is 1. The van der Waals surface area contributed by atoms with E-state index in [-0.39, 0.29) is 29.7 Å². The van der Waals surface area contributed by atoms with E-state index in [1.807, 2.05) is 22.6 Å². The summed E-state index contributed by atoms with van der Waals surface area (Å²) in [6, 6.07) is 1.99. The van der Waals surface area contributed by atoms with E-state index in [4.69, 9.17) is 5.73 Å². The fourth-order valence-corrected chi connectivity index (χ4v) is 5.64. The summed E-state index contributed by atoms with van der Waals surface area (Å²) in [5.41, 5.74) is 2.27. The molecule has 0 unspecified atom stereocenters. The van der Waals surface area contributed by atoms with Gasteiger partial charge < -0.3 is 31.5 Å². The van der Waals surface area contributed by atoms with Gasteiger partial charge in [-0.15, -0.1) is 0 Å². The maximum Gasteiger partial charge on any atom is 0.255 e. The molecule has 4 rings (SSSR count). The van der Waals surface area contributed by atoms with E-state index < -0.39 is 58.0 Å². The van der Waals surface area contributed by atoms with Crippen molar-refractivity contribution in [2.24, 2.45) is 17.6 Å². The number of nitrogens with one attached hydrogen (secondary N) is 1. The van der Waals surface area contributed by atoms with Gasteiger partial charge in [0.15, 0.2) is 11.4 Å². The summed E-state index contributed by atoms with van der Waals surface area (Å²) in [7, 11) is 1.47. The van der Waals surface area contributed by atoms with Gasteiger partial charge >= 0.3 is 0 Å². The molecule has 7 N–H and O–H groups in total. The second-order valence-corrected chi connectivity index (χ2v) is 8.90. The maximum absolute atomic E-state index is 13.2. The molecule has 0 saturated carbocycles. The van der Waals surface area contributed by atoms with Crippen LogP contribution in [0.4, 0.5) is 0 Å². The van der Waals surface area contributed by atoms with Crippen molar-refractivity contribution in [3.8, 4) is 5.75 Å². The van der Waals surface area contributed by atoms with Crippen LogP contribution in [-0.4, -0.2) is 56.6 Å². The van der Waals surface area contributed by atoms with Crippen LogP contribution in [0.2, 0.25) is 0 Å². The largest absolute Gasteiger partial charge is 0.510 e. The fraction of sp³-hybridized carbons (Fsp3) is 0.350. The number of hydrogen-bond acceptors (Lipinski definition) is 8. The lowest BCUT2D eigenvalue weighted by Crippen LogP contribution is -2.63. The number of ketones is 2. The smallest absolute Gasteiger partial charge is 0.255 e. The average Bonchev–Trinajstić information content (AvgIpc) is 2.67. The highest BCUT2D eigenvalue weighted by atomic mass is 127. The minimum atomic E-state index is -2.61. The predicted molar refractivity (Wildman–Crippen MR) is 112 cm³/mol. The first-order valence-corrected chi connectivity index (χ1v) is 10.3. The van der Waals surface area contributed by atoms with Gasteiger partial charge in [0.25, 0.3) is 5.91 Å². The number of amides is 1. The van der Waals surface area contributed by atoms with E-state index in [1.54, 1.807) is 6.07 Å². The first kappa shape index (κ1) is 20.8. The van der Waals surface area contributed by atoms with Gasteiger partial charge in [-0.3, -0.25) is 14.4 Å². The van der Waals surface area contributed by atoms with Gasteiger partial charge in [-0.25, -0.2) is 0 Å². The molecule has 0 fully saturated rings. The zero-order valence-electron chi connectivity index (χ0n) is 15.8. The van der Waals surface area contributed by atoms with Crippen LogP contribution in [0, 0.1) is 15.4 Å². The number of allylic oxidation sites excluding steroid dienone is 1. The molecule has 9 nitrogen and oxygen atoms in total. The third-order valence-electron chi connectivity index (χ3n) is 6.34. The summed E-state index contributed by atoms with van der Waals surface area (Å²) in [5.74, 6) is -6.52. The van der Waals surface area contributed by atoms with Crippen molar-refractivity contribution < 1.29 is 34.8 Å². The summed E-state index contributed by atoms with van der Waals surface area (Å²) < 4.78 is 0.761. The van der Waals surface area contributed by atoms with Gasteiger partial charge in [-0.1, -0.05) is 0 Å². The number of likely N-dealkylation sites (N-methyl/N-ethyl adjacent to an activating group) is 1. The van der Waals surface area contributed by atoms with Gasteiger partial charge in [0.05, 0.1) is 11.6 Å². The molecule has 3 aliphatic rings. The molecule has 0 bridgehead atoms. The van der Waals surface area contributed by atoms with E-state index in [0.29, 0.717) is 5.56 Å². The first-order chi connectivity index (χ1) is 14.0. The number of hydrogen-bond donors (Lipinski definition) is 6. The van der Waals surface area contributed by atoms with Crippen LogP contribution in [0.5, 0.6) is 5.75 Å². The van der Waals surface area contributed by atoms with Crippen LogP contribution >= 0.6 is 22.6 Å². The van der Waals surface area contributed by atoms with Crippen LogP contribution < -0.4 is 11.1 Å². The standard InChI is InChI=1S/C20H19IN2O7/c1-23-14-8-5-6-4-7-9(21)2-3-10(24)12(7)15(25)11(6)17(27)20(8,30)18(28)13(16(14)26)19(22)29/h2-3,6,8,14,23-24,26-27,30H,4-5H2,1H3,(H2,22,29)/t6-,8-,14-,20-/m0/s1. The number of rotatable bonds is 2. The van der Waals surface area contributed by atoms with Crippen molar-refractivity contribution in [3.63, 3.8) is 0 Å². The lowest BCUT2D eigenvalue weighted by molar-refractivity contribution is -0.146. The van der Waals surface area contributed by atoms with Crippen LogP contribution in [0.1, 0.15) is 22.3 Å². The minimum Gasteiger partial charge on any atom is -0.510 e. The molecule has 158 valence electrons. The average molecular weight is 526 g/mol. The van der Waals surface area contributed by atoms with Crippen molar-refractivity contribution in [1.82, 2.24) is 5.32 Å². The highest BCUT2D eigenvalue weighted by Gasteiger charge is 2.62. The Bertz CT molecular complexity index is 1090. The molecule has 0 saturated heterocycles. The van der Waals surface area contributed by atoms with Gasteiger partial charge in [0, 0.05) is 15.1 Å². The number of Topliss-reactive ketones (excluding diaryl/α,β-unsaturated/α-hetero) is 2. The number of benzene rings is 1. The number of carbonyl (C=O) groups excluding carboxylic acids is 3. The molecule has 0 spiro atoms. The first-order valence-electron chi connectivity index (χ1n) is 9.21. The molecular formula is C20H19IN2O7. The molecule has 1 aromatic rings. The molecule has 10 heteroatoms. The van der Waals surface area contributed by atoms with Crippen molar-refractivity contribution in [1.29, 1.82) is 0 Å². The van der Waals surface area contributed by atoms with Crippen LogP contribution in [0.25, 0.3) is 0 Å². The molecular weight excluding hydrogens is 507 g/mol. The Labute approximate surface area is 184 Å². The second kappa shape index (κ2) is 6.79. The molecule has 0 aromatic heterocycles. The molecule has 0 heterocycles. The monoisotopic (exact) mass is 526 g/mol. The number of phenols is 1. The molecule has 4 atom stereocenters. The summed E-state index contributed by atoms with van der Waals surface area (Å²) in [4.78, 5) is 38.0. The molecule has 1 amide bonds. The van der Waals surface area contributed by atoms with E-state index in [0.717, 1.165) is 3.57 Å². The Morgan fingerprint density at radius 3 is 2.53 bits per heavy atom. The molecule has 1 aromatic carbocycles. The van der Waals surface area contributed by atoms with E-state index in [2.05, 4.69) is 5.32 Å². The Balaban J connectivity index is 1.97. The number of halogens is 1. The van der Waals surface area contributed by atoms with Crippen LogP contribution in [0.3, 0.4) is 0 Å².